The zero-order valence-corrected chi connectivity index (χ0v) is 11.0. The molecule has 19 heavy (non-hydrogen) atoms. The van der Waals surface area contributed by atoms with Gasteiger partial charge in [0.15, 0.2) is 0 Å². The van der Waals surface area contributed by atoms with Gasteiger partial charge in [0.05, 0.1) is 13.0 Å². The summed E-state index contributed by atoms with van der Waals surface area (Å²) in [6, 6.07) is 5.45. The van der Waals surface area contributed by atoms with Crippen LogP contribution >= 0.6 is 0 Å². The largest absolute Gasteiger partial charge is 0.497 e. The summed E-state index contributed by atoms with van der Waals surface area (Å²) in [4.78, 5) is 11.6. The third-order valence-electron chi connectivity index (χ3n) is 4.31. The Balaban J connectivity index is 2.03. The van der Waals surface area contributed by atoms with Gasteiger partial charge in [0.1, 0.15) is 17.1 Å². The average molecular weight is 262 g/mol. The van der Waals surface area contributed by atoms with Gasteiger partial charge in [0, 0.05) is 12.0 Å². The van der Waals surface area contributed by atoms with Crippen molar-refractivity contribution in [3.05, 3.63) is 23.8 Å². The summed E-state index contributed by atoms with van der Waals surface area (Å²) < 4.78 is 11.3. The molecular weight excluding hydrogens is 244 g/mol. The summed E-state index contributed by atoms with van der Waals surface area (Å²) >= 11 is 0. The molecule has 1 N–H and O–H groups in total. The van der Waals surface area contributed by atoms with Gasteiger partial charge in [-0.25, -0.2) is 0 Å². The van der Waals surface area contributed by atoms with Crippen LogP contribution in [0.4, 0.5) is 0 Å². The number of ether oxygens (including phenoxy) is 2. The molecule has 0 amide bonds. The van der Waals surface area contributed by atoms with Gasteiger partial charge in [0.2, 0.25) is 0 Å². The summed E-state index contributed by atoms with van der Waals surface area (Å²) in [5, 5.41) is 9.50. The maximum Gasteiger partial charge on any atom is 0.311 e. The van der Waals surface area contributed by atoms with E-state index in [2.05, 4.69) is 0 Å². The number of hydrogen-bond donors (Lipinski definition) is 1. The van der Waals surface area contributed by atoms with Crippen molar-refractivity contribution in [2.45, 2.75) is 43.6 Å². The molecule has 1 aromatic carbocycles. The first-order valence-electron chi connectivity index (χ1n) is 6.73. The molecule has 4 heteroatoms. The van der Waals surface area contributed by atoms with Gasteiger partial charge in [-0.3, -0.25) is 4.79 Å². The maximum atomic E-state index is 11.6. The molecule has 1 aliphatic carbocycles. The highest BCUT2D eigenvalue weighted by Crippen LogP contribution is 2.48. The number of carboxylic acids is 1. The van der Waals surface area contributed by atoms with Crippen LogP contribution in [0.5, 0.6) is 11.5 Å². The Morgan fingerprint density at radius 1 is 1.42 bits per heavy atom. The van der Waals surface area contributed by atoms with Crippen LogP contribution in [0, 0.1) is 0 Å². The standard InChI is InChI=1S/C15H18O4/c1-18-10-4-5-13-11(8-10)12(14(16)17)9-15(19-13)6-2-3-7-15/h4-5,8,12H,2-3,6-7,9H2,1H3,(H,16,17). The number of aliphatic carboxylic acids is 1. The van der Waals surface area contributed by atoms with Gasteiger partial charge in [0.25, 0.3) is 0 Å². The lowest BCUT2D eigenvalue weighted by Crippen LogP contribution is -2.40. The molecule has 1 aromatic rings. The van der Waals surface area contributed by atoms with Crippen LogP contribution < -0.4 is 9.47 Å². The zero-order valence-electron chi connectivity index (χ0n) is 11.0. The van der Waals surface area contributed by atoms with E-state index in [9.17, 15) is 9.90 Å². The van der Waals surface area contributed by atoms with Crippen molar-refractivity contribution < 1.29 is 19.4 Å². The fourth-order valence-corrected chi connectivity index (χ4v) is 3.32. The van der Waals surface area contributed by atoms with Crippen LogP contribution in [0.3, 0.4) is 0 Å². The fourth-order valence-electron chi connectivity index (χ4n) is 3.32. The van der Waals surface area contributed by atoms with Crippen molar-refractivity contribution in [2.75, 3.05) is 7.11 Å². The molecule has 0 bridgehead atoms. The van der Waals surface area contributed by atoms with Crippen LogP contribution in [-0.4, -0.2) is 23.8 Å². The number of benzene rings is 1. The van der Waals surface area contributed by atoms with Crippen LogP contribution in [0.2, 0.25) is 0 Å². The predicted octanol–water partition coefficient (Wildman–Crippen LogP) is 2.96. The summed E-state index contributed by atoms with van der Waals surface area (Å²) in [6.07, 6.45) is 4.74. The molecule has 0 saturated heterocycles. The third kappa shape index (κ3) is 2.05. The van der Waals surface area contributed by atoms with Gasteiger partial charge in [-0.15, -0.1) is 0 Å². The van der Waals surface area contributed by atoms with E-state index >= 15 is 0 Å². The molecule has 1 heterocycles. The Labute approximate surface area is 112 Å². The van der Waals surface area contributed by atoms with Crippen molar-refractivity contribution in [1.29, 1.82) is 0 Å². The SMILES string of the molecule is COc1ccc2c(c1)C(C(=O)O)CC1(CCCC1)O2. The molecular formula is C15H18O4. The molecule has 102 valence electrons. The summed E-state index contributed by atoms with van der Waals surface area (Å²) in [5.74, 6) is 0.123. The van der Waals surface area contributed by atoms with Gasteiger partial charge >= 0.3 is 5.97 Å². The Morgan fingerprint density at radius 2 is 2.16 bits per heavy atom. The predicted molar refractivity (Wildman–Crippen MR) is 69.8 cm³/mol. The molecule has 1 atom stereocenters. The highest BCUT2D eigenvalue weighted by molar-refractivity contribution is 5.78. The second-order valence-corrected chi connectivity index (χ2v) is 5.49. The Kier molecular flexibility index (Phi) is 2.88. The highest BCUT2D eigenvalue weighted by atomic mass is 16.5. The monoisotopic (exact) mass is 262 g/mol. The van der Waals surface area contributed by atoms with Crippen molar-refractivity contribution in [1.82, 2.24) is 0 Å². The lowest BCUT2D eigenvalue weighted by molar-refractivity contribution is -0.141. The molecule has 1 unspecified atom stereocenters. The Bertz CT molecular complexity index is 503. The molecule has 1 spiro atoms. The second-order valence-electron chi connectivity index (χ2n) is 5.49. The Morgan fingerprint density at radius 3 is 2.79 bits per heavy atom. The minimum atomic E-state index is -0.774. The smallest absolute Gasteiger partial charge is 0.311 e. The minimum absolute atomic E-state index is 0.259. The van der Waals surface area contributed by atoms with E-state index in [-0.39, 0.29) is 5.60 Å². The minimum Gasteiger partial charge on any atom is -0.497 e. The number of rotatable bonds is 2. The first kappa shape index (κ1) is 12.3. The summed E-state index contributed by atoms with van der Waals surface area (Å²) in [6.45, 7) is 0. The molecule has 1 aliphatic heterocycles. The first-order chi connectivity index (χ1) is 9.13. The normalized spacial score (nSPS) is 23.7. The van der Waals surface area contributed by atoms with E-state index in [1.165, 1.54) is 0 Å². The first-order valence-corrected chi connectivity index (χ1v) is 6.73. The lowest BCUT2D eigenvalue weighted by Gasteiger charge is -2.38. The molecule has 1 fully saturated rings. The van der Waals surface area contributed by atoms with Crippen LogP contribution in [0.1, 0.15) is 43.6 Å². The van der Waals surface area contributed by atoms with E-state index in [1.54, 1.807) is 13.2 Å². The summed E-state index contributed by atoms with van der Waals surface area (Å²) in [5.41, 5.74) is 0.481. The lowest BCUT2D eigenvalue weighted by atomic mass is 9.81. The number of hydrogen-bond acceptors (Lipinski definition) is 3. The molecule has 3 rings (SSSR count). The quantitative estimate of drug-likeness (QED) is 0.890. The van der Waals surface area contributed by atoms with E-state index in [0.29, 0.717) is 17.9 Å². The maximum absolute atomic E-state index is 11.6. The Hall–Kier alpha value is -1.71. The van der Waals surface area contributed by atoms with Crippen LogP contribution in [0.15, 0.2) is 18.2 Å². The van der Waals surface area contributed by atoms with Gasteiger partial charge in [-0.1, -0.05) is 0 Å². The molecule has 0 aromatic heterocycles. The van der Waals surface area contributed by atoms with Crippen molar-refractivity contribution in [3.8, 4) is 11.5 Å². The topological polar surface area (TPSA) is 55.8 Å². The van der Waals surface area contributed by atoms with Crippen molar-refractivity contribution in [3.63, 3.8) is 0 Å². The summed E-state index contributed by atoms with van der Waals surface area (Å²) in [7, 11) is 1.58. The van der Waals surface area contributed by atoms with E-state index in [0.717, 1.165) is 31.2 Å². The van der Waals surface area contributed by atoms with Crippen molar-refractivity contribution in [2.24, 2.45) is 0 Å². The zero-order chi connectivity index (χ0) is 13.5. The van der Waals surface area contributed by atoms with Gasteiger partial charge < -0.3 is 14.6 Å². The number of fused-ring (bicyclic) bond motifs is 1. The molecule has 1 saturated carbocycles. The molecule has 4 nitrogen and oxygen atoms in total. The van der Waals surface area contributed by atoms with Crippen LogP contribution in [0.25, 0.3) is 0 Å². The average Bonchev–Trinajstić information content (AvgIpc) is 2.85. The molecule has 2 aliphatic rings. The second kappa shape index (κ2) is 4.44. The van der Waals surface area contributed by atoms with E-state index in [4.69, 9.17) is 9.47 Å². The highest BCUT2D eigenvalue weighted by Gasteiger charge is 2.45. The number of methoxy groups -OCH3 is 1. The number of carboxylic acid groups (broad SMARTS) is 1. The van der Waals surface area contributed by atoms with Crippen molar-refractivity contribution >= 4 is 5.97 Å². The van der Waals surface area contributed by atoms with Crippen LogP contribution in [-0.2, 0) is 4.79 Å². The molecule has 0 radical (unpaired) electrons. The third-order valence-corrected chi connectivity index (χ3v) is 4.31. The van der Waals surface area contributed by atoms with Gasteiger partial charge in [-0.2, -0.15) is 0 Å². The number of carbonyl (C=O) groups is 1. The van der Waals surface area contributed by atoms with E-state index < -0.39 is 11.9 Å². The fraction of sp³-hybridized carbons (Fsp3) is 0.533. The van der Waals surface area contributed by atoms with E-state index in [1.807, 2.05) is 12.1 Å². The van der Waals surface area contributed by atoms with Gasteiger partial charge in [-0.05, 0) is 43.9 Å².